The van der Waals surface area contributed by atoms with E-state index in [1.165, 1.54) is 17.4 Å². The number of pyridine rings is 1. The molecule has 1 atom stereocenters. The van der Waals surface area contributed by atoms with Gasteiger partial charge in [-0.15, -0.1) is 0 Å². The Morgan fingerprint density at radius 3 is 3.00 bits per heavy atom. The fraction of sp³-hybridized carbons (Fsp3) is 0.333. The van der Waals surface area contributed by atoms with Crippen LogP contribution >= 0.6 is 22.9 Å². The second-order valence-corrected chi connectivity index (χ2v) is 5.87. The number of nitrogens with zero attached hydrogens (tertiary/aromatic N) is 1. The summed E-state index contributed by atoms with van der Waals surface area (Å²) in [4.78, 5) is 16.3. The molecule has 4 nitrogen and oxygen atoms in total. The maximum Gasteiger partial charge on any atom is 0.251 e. The molecule has 0 fully saturated rings. The number of halogens is 1. The zero-order valence-electron chi connectivity index (χ0n) is 11.7. The quantitative estimate of drug-likeness (QED) is 0.802. The number of aryl methyl sites for hydroxylation is 1. The standard InChI is InChI=1S/C15H17ClN2O2S/c1-2-3-12-6-11(7-14(16)18-12)15(20)17-8-13(19)10-4-5-21-9-10/h4-7,9,13,19H,2-3,8H2,1H3,(H,17,20). The molecule has 0 radical (unpaired) electrons. The van der Waals surface area contributed by atoms with Crippen molar-refractivity contribution in [1.29, 1.82) is 0 Å². The van der Waals surface area contributed by atoms with Crippen molar-refractivity contribution in [3.05, 3.63) is 50.9 Å². The molecule has 0 aliphatic rings. The number of carbonyl (C=O) groups is 1. The molecule has 2 heterocycles. The molecule has 0 bridgehead atoms. The first-order valence-corrected chi connectivity index (χ1v) is 8.07. The topological polar surface area (TPSA) is 62.2 Å². The van der Waals surface area contributed by atoms with E-state index in [0.29, 0.717) is 10.7 Å². The van der Waals surface area contributed by atoms with Crippen molar-refractivity contribution >= 4 is 28.8 Å². The summed E-state index contributed by atoms with van der Waals surface area (Å²) in [5.41, 5.74) is 2.07. The van der Waals surface area contributed by atoms with E-state index in [9.17, 15) is 9.90 Å². The Bertz CT molecular complexity index is 602. The Kier molecular flexibility index (Phi) is 5.73. The summed E-state index contributed by atoms with van der Waals surface area (Å²) < 4.78 is 0. The van der Waals surface area contributed by atoms with Gasteiger partial charge < -0.3 is 10.4 Å². The second-order valence-electron chi connectivity index (χ2n) is 4.70. The highest BCUT2D eigenvalue weighted by Crippen LogP contribution is 2.16. The van der Waals surface area contributed by atoms with Crippen molar-refractivity contribution < 1.29 is 9.90 Å². The predicted octanol–water partition coefficient (Wildman–Crippen LogP) is 3.21. The van der Waals surface area contributed by atoms with Crippen LogP contribution in [0.3, 0.4) is 0 Å². The van der Waals surface area contributed by atoms with Gasteiger partial charge in [-0.25, -0.2) is 4.98 Å². The second kappa shape index (κ2) is 7.54. The van der Waals surface area contributed by atoms with Crippen molar-refractivity contribution in [2.24, 2.45) is 0 Å². The first-order chi connectivity index (χ1) is 10.1. The van der Waals surface area contributed by atoms with Crippen LogP contribution in [0.15, 0.2) is 29.0 Å². The fourth-order valence-electron chi connectivity index (χ4n) is 1.94. The van der Waals surface area contributed by atoms with E-state index in [-0.39, 0.29) is 12.5 Å². The van der Waals surface area contributed by atoms with Gasteiger partial charge in [0.25, 0.3) is 5.91 Å². The molecule has 21 heavy (non-hydrogen) atoms. The van der Waals surface area contributed by atoms with Crippen molar-refractivity contribution in [2.45, 2.75) is 25.9 Å². The molecule has 1 unspecified atom stereocenters. The normalized spacial score (nSPS) is 12.1. The summed E-state index contributed by atoms with van der Waals surface area (Å²) in [7, 11) is 0. The van der Waals surface area contributed by atoms with Gasteiger partial charge in [0.1, 0.15) is 5.15 Å². The van der Waals surface area contributed by atoms with E-state index in [0.717, 1.165) is 24.1 Å². The molecular formula is C15H17ClN2O2S. The minimum Gasteiger partial charge on any atom is -0.387 e. The Labute approximate surface area is 132 Å². The number of hydrogen-bond donors (Lipinski definition) is 2. The Morgan fingerprint density at radius 2 is 2.33 bits per heavy atom. The molecule has 2 N–H and O–H groups in total. The van der Waals surface area contributed by atoms with E-state index >= 15 is 0 Å². The lowest BCUT2D eigenvalue weighted by Gasteiger charge is -2.11. The molecule has 2 aromatic rings. The van der Waals surface area contributed by atoms with E-state index in [2.05, 4.69) is 10.3 Å². The molecule has 2 aromatic heterocycles. The number of rotatable bonds is 6. The third-order valence-corrected chi connectivity index (χ3v) is 3.89. The lowest BCUT2D eigenvalue weighted by molar-refractivity contribution is 0.0916. The maximum absolute atomic E-state index is 12.1. The van der Waals surface area contributed by atoms with E-state index in [4.69, 9.17) is 11.6 Å². The molecule has 1 amide bonds. The van der Waals surface area contributed by atoms with Crippen molar-refractivity contribution in [3.63, 3.8) is 0 Å². The zero-order valence-corrected chi connectivity index (χ0v) is 13.2. The Hall–Kier alpha value is -1.43. The molecule has 112 valence electrons. The number of carbonyl (C=O) groups excluding carboxylic acids is 1. The summed E-state index contributed by atoms with van der Waals surface area (Å²) >= 11 is 7.44. The predicted molar refractivity (Wildman–Crippen MR) is 84.9 cm³/mol. The van der Waals surface area contributed by atoms with Gasteiger partial charge in [-0.3, -0.25) is 4.79 Å². The molecule has 6 heteroatoms. The van der Waals surface area contributed by atoms with E-state index < -0.39 is 6.10 Å². The number of aliphatic hydroxyl groups is 1. The summed E-state index contributed by atoms with van der Waals surface area (Å²) in [6.45, 7) is 2.21. The number of thiophene rings is 1. The van der Waals surface area contributed by atoms with E-state index in [1.54, 1.807) is 6.07 Å². The van der Waals surface area contributed by atoms with Crippen LogP contribution in [-0.4, -0.2) is 22.5 Å². The van der Waals surface area contributed by atoms with Crippen LogP contribution < -0.4 is 5.32 Å². The van der Waals surface area contributed by atoms with Crippen LogP contribution in [0, 0.1) is 0 Å². The van der Waals surface area contributed by atoms with Crippen LogP contribution in [0.5, 0.6) is 0 Å². The summed E-state index contributed by atoms with van der Waals surface area (Å²) in [5, 5.41) is 16.7. The van der Waals surface area contributed by atoms with Crippen LogP contribution in [0.1, 0.15) is 41.1 Å². The minimum atomic E-state index is -0.701. The lowest BCUT2D eigenvalue weighted by atomic mass is 10.1. The zero-order chi connectivity index (χ0) is 15.2. The van der Waals surface area contributed by atoms with Gasteiger partial charge in [-0.05, 0) is 40.9 Å². The van der Waals surface area contributed by atoms with Gasteiger partial charge >= 0.3 is 0 Å². The lowest BCUT2D eigenvalue weighted by Crippen LogP contribution is -2.28. The number of aliphatic hydroxyl groups excluding tert-OH is 1. The van der Waals surface area contributed by atoms with Crippen LogP contribution in [0.25, 0.3) is 0 Å². The minimum absolute atomic E-state index is 0.165. The molecule has 0 spiro atoms. The van der Waals surface area contributed by atoms with Gasteiger partial charge in [0, 0.05) is 17.8 Å². The first kappa shape index (κ1) is 15.9. The molecule has 0 aromatic carbocycles. The first-order valence-electron chi connectivity index (χ1n) is 6.75. The number of hydrogen-bond acceptors (Lipinski definition) is 4. The molecule has 0 saturated heterocycles. The number of amides is 1. The average Bonchev–Trinajstić information content (AvgIpc) is 2.98. The van der Waals surface area contributed by atoms with Gasteiger partial charge in [-0.2, -0.15) is 11.3 Å². The fourth-order valence-corrected chi connectivity index (χ4v) is 2.87. The summed E-state index contributed by atoms with van der Waals surface area (Å²) in [5.74, 6) is -0.258. The average molecular weight is 325 g/mol. The van der Waals surface area contributed by atoms with Crippen LogP contribution in [0.4, 0.5) is 0 Å². The summed E-state index contributed by atoms with van der Waals surface area (Å²) in [6, 6.07) is 5.11. The third kappa shape index (κ3) is 4.52. The SMILES string of the molecule is CCCc1cc(C(=O)NCC(O)c2ccsc2)cc(Cl)n1. The Morgan fingerprint density at radius 1 is 1.52 bits per heavy atom. The van der Waals surface area contributed by atoms with Crippen molar-refractivity contribution in [3.8, 4) is 0 Å². The maximum atomic E-state index is 12.1. The number of aromatic nitrogens is 1. The van der Waals surface area contributed by atoms with Gasteiger partial charge in [0.15, 0.2) is 0 Å². The highest BCUT2D eigenvalue weighted by Gasteiger charge is 2.12. The van der Waals surface area contributed by atoms with Gasteiger partial charge in [-0.1, -0.05) is 24.9 Å². The monoisotopic (exact) mass is 324 g/mol. The number of nitrogens with one attached hydrogen (secondary N) is 1. The van der Waals surface area contributed by atoms with Gasteiger partial charge in [0.2, 0.25) is 0 Å². The molecule has 2 rings (SSSR count). The van der Waals surface area contributed by atoms with Crippen molar-refractivity contribution in [2.75, 3.05) is 6.54 Å². The molecule has 0 aliphatic carbocycles. The molecular weight excluding hydrogens is 308 g/mol. The van der Waals surface area contributed by atoms with Crippen molar-refractivity contribution in [1.82, 2.24) is 10.3 Å². The molecule has 0 aliphatic heterocycles. The third-order valence-electron chi connectivity index (χ3n) is 3.00. The van der Waals surface area contributed by atoms with Crippen LogP contribution in [0.2, 0.25) is 5.15 Å². The van der Waals surface area contributed by atoms with Gasteiger partial charge in [0.05, 0.1) is 6.10 Å². The van der Waals surface area contributed by atoms with Crippen LogP contribution in [-0.2, 0) is 6.42 Å². The smallest absolute Gasteiger partial charge is 0.251 e. The highest BCUT2D eigenvalue weighted by molar-refractivity contribution is 7.07. The summed E-state index contributed by atoms with van der Waals surface area (Å²) in [6.07, 6.45) is 1.01. The molecule has 0 saturated carbocycles. The highest BCUT2D eigenvalue weighted by atomic mass is 35.5. The largest absolute Gasteiger partial charge is 0.387 e. The van der Waals surface area contributed by atoms with E-state index in [1.807, 2.05) is 23.8 Å². The Balaban J connectivity index is 2.00.